The minimum Gasteiger partial charge on any atom is -0.506 e. The number of thiophene rings is 1. The highest BCUT2D eigenvalue weighted by Crippen LogP contribution is 2.34. The number of nitrogens with one attached hydrogen (secondary N) is 1. The summed E-state index contributed by atoms with van der Waals surface area (Å²) in [5.41, 5.74) is 1.80. The van der Waals surface area contributed by atoms with Gasteiger partial charge >= 0.3 is 0 Å². The molecule has 0 fully saturated rings. The molecule has 0 atom stereocenters. The Labute approximate surface area is 138 Å². The lowest BCUT2D eigenvalue weighted by atomic mass is 9.99. The summed E-state index contributed by atoms with van der Waals surface area (Å²) in [7, 11) is 0. The molecule has 2 aromatic carbocycles. The summed E-state index contributed by atoms with van der Waals surface area (Å²) < 4.78 is 0. The van der Waals surface area contributed by atoms with Crippen molar-refractivity contribution in [2.75, 3.05) is 5.32 Å². The maximum Gasteiger partial charge on any atom is 0.265 e. The van der Waals surface area contributed by atoms with Crippen LogP contribution in [-0.4, -0.2) is 11.0 Å². The van der Waals surface area contributed by atoms with Crippen molar-refractivity contribution in [1.82, 2.24) is 0 Å². The number of fused-ring (bicyclic) bond motifs is 2. The third kappa shape index (κ3) is 2.59. The number of rotatable bonds is 2. The van der Waals surface area contributed by atoms with Crippen molar-refractivity contribution >= 4 is 33.7 Å². The second kappa shape index (κ2) is 5.70. The number of aromatic hydroxyl groups is 1. The van der Waals surface area contributed by atoms with Crippen molar-refractivity contribution in [3.63, 3.8) is 0 Å². The molecule has 0 spiro atoms. The average molecular weight is 323 g/mol. The fourth-order valence-corrected chi connectivity index (χ4v) is 4.32. The van der Waals surface area contributed by atoms with Crippen molar-refractivity contribution in [1.29, 1.82) is 0 Å². The zero-order valence-electron chi connectivity index (χ0n) is 12.6. The first-order chi connectivity index (χ1) is 11.2. The van der Waals surface area contributed by atoms with Crippen LogP contribution in [0.3, 0.4) is 0 Å². The van der Waals surface area contributed by atoms with E-state index in [0.29, 0.717) is 5.69 Å². The van der Waals surface area contributed by atoms with Gasteiger partial charge in [-0.15, -0.1) is 11.3 Å². The van der Waals surface area contributed by atoms with Crippen LogP contribution in [0.4, 0.5) is 5.69 Å². The Morgan fingerprint density at radius 1 is 1.09 bits per heavy atom. The Morgan fingerprint density at radius 2 is 1.91 bits per heavy atom. The van der Waals surface area contributed by atoms with Crippen LogP contribution in [0, 0.1) is 0 Å². The van der Waals surface area contributed by atoms with Crippen LogP contribution in [0.2, 0.25) is 0 Å². The molecule has 0 unspecified atom stereocenters. The Morgan fingerprint density at radius 3 is 2.78 bits per heavy atom. The molecule has 0 saturated carbocycles. The lowest BCUT2D eigenvalue weighted by Crippen LogP contribution is -2.10. The number of anilines is 1. The standard InChI is InChI=1S/C19H17NO2S/c21-15-10-9-12-5-1-3-7-14(12)18(15)20-19(22)17-11-13-6-2-4-8-16(13)23-17/h1,3,5,7,9-11,21H,2,4,6,8H2,(H,20,22). The van der Waals surface area contributed by atoms with E-state index in [9.17, 15) is 9.90 Å². The summed E-state index contributed by atoms with van der Waals surface area (Å²) >= 11 is 1.58. The quantitative estimate of drug-likeness (QED) is 0.669. The SMILES string of the molecule is O=C(Nc1c(O)ccc2ccccc12)c1cc2c(s1)CCCC2. The number of hydrogen-bond donors (Lipinski definition) is 2. The molecular weight excluding hydrogens is 306 g/mol. The number of hydrogen-bond acceptors (Lipinski definition) is 3. The molecule has 23 heavy (non-hydrogen) atoms. The van der Waals surface area contributed by atoms with E-state index in [1.165, 1.54) is 23.3 Å². The molecule has 1 aliphatic rings. The van der Waals surface area contributed by atoms with Crippen LogP contribution in [0.5, 0.6) is 5.75 Å². The van der Waals surface area contributed by atoms with E-state index < -0.39 is 0 Å². The number of benzene rings is 2. The molecule has 1 aliphatic carbocycles. The van der Waals surface area contributed by atoms with E-state index in [4.69, 9.17) is 0 Å². The predicted molar refractivity (Wildman–Crippen MR) is 94.5 cm³/mol. The summed E-state index contributed by atoms with van der Waals surface area (Å²) in [5.74, 6) is -0.0468. The predicted octanol–water partition coefficient (Wildman–Crippen LogP) is 4.74. The van der Waals surface area contributed by atoms with E-state index in [0.717, 1.165) is 28.5 Å². The van der Waals surface area contributed by atoms with Gasteiger partial charge in [0.15, 0.2) is 0 Å². The summed E-state index contributed by atoms with van der Waals surface area (Å²) in [4.78, 5) is 14.7. The Hall–Kier alpha value is -2.33. The number of carbonyl (C=O) groups is 1. The first-order valence-electron chi connectivity index (χ1n) is 7.86. The topological polar surface area (TPSA) is 49.3 Å². The highest BCUT2D eigenvalue weighted by molar-refractivity contribution is 7.14. The van der Waals surface area contributed by atoms with Gasteiger partial charge in [0, 0.05) is 10.3 Å². The summed E-state index contributed by atoms with van der Waals surface area (Å²) in [6.07, 6.45) is 4.55. The maximum atomic E-state index is 12.6. The average Bonchev–Trinajstić information content (AvgIpc) is 3.01. The van der Waals surface area contributed by atoms with Gasteiger partial charge in [0.25, 0.3) is 5.91 Å². The van der Waals surface area contributed by atoms with Gasteiger partial charge in [0.05, 0.1) is 10.6 Å². The molecule has 3 nitrogen and oxygen atoms in total. The van der Waals surface area contributed by atoms with E-state index >= 15 is 0 Å². The van der Waals surface area contributed by atoms with Crippen molar-refractivity contribution in [2.45, 2.75) is 25.7 Å². The molecule has 0 bridgehead atoms. The van der Waals surface area contributed by atoms with Crippen molar-refractivity contribution < 1.29 is 9.90 Å². The van der Waals surface area contributed by atoms with Crippen LogP contribution in [0.15, 0.2) is 42.5 Å². The van der Waals surface area contributed by atoms with Gasteiger partial charge in [0.1, 0.15) is 5.75 Å². The van der Waals surface area contributed by atoms with Crippen molar-refractivity contribution in [3.8, 4) is 5.75 Å². The molecule has 3 aromatic rings. The summed E-state index contributed by atoms with van der Waals surface area (Å²) in [5, 5.41) is 14.9. The summed E-state index contributed by atoms with van der Waals surface area (Å²) in [6.45, 7) is 0. The second-order valence-electron chi connectivity index (χ2n) is 5.90. The third-order valence-electron chi connectivity index (χ3n) is 4.37. The van der Waals surface area contributed by atoms with Gasteiger partial charge in [-0.05, 0) is 48.8 Å². The van der Waals surface area contributed by atoms with Gasteiger partial charge in [-0.2, -0.15) is 0 Å². The maximum absolute atomic E-state index is 12.6. The van der Waals surface area contributed by atoms with Gasteiger partial charge in [-0.25, -0.2) is 0 Å². The Balaban J connectivity index is 1.69. The first-order valence-corrected chi connectivity index (χ1v) is 8.67. The number of phenolic OH excluding ortho intramolecular Hbond substituents is 1. The second-order valence-corrected chi connectivity index (χ2v) is 7.04. The van der Waals surface area contributed by atoms with Gasteiger partial charge < -0.3 is 10.4 Å². The fraction of sp³-hybridized carbons (Fsp3) is 0.211. The first kappa shape index (κ1) is 14.3. The molecule has 4 heteroatoms. The molecule has 0 radical (unpaired) electrons. The van der Waals surface area contributed by atoms with Crippen LogP contribution in [0.1, 0.15) is 33.0 Å². The van der Waals surface area contributed by atoms with E-state index in [2.05, 4.69) is 5.32 Å². The zero-order chi connectivity index (χ0) is 15.8. The van der Waals surface area contributed by atoms with Gasteiger partial charge in [0.2, 0.25) is 0 Å². The normalized spacial score (nSPS) is 13.7. The fourth-order valence-electron chi connectivity index (χ4n) is 3.17. The monoisotopic (exact) mass is 323 g/mol. The molecule has 1 aromatic heterocycles. The van der Waals surface area contributed by atoms with Gasteiger partial charge in [-0.1, -0.05) is 30.3 Å². The lowest BCUT2D eigenvalue weighted by Gasteiger charge is -2.10. The summed E-state index contributed by atoms with van der Waals surface area (Å²) in [6, 6.07) is 13.2. The van der Waals surface area contributed by atoms with Crippen molar-refractivity contribution in [2.24, 2.45) is 0 Å². The number of aryl methyl sites for hydroxylation is 2. The number of amides is 1. The molecule has 116 valence electrons. The van der Waals surface area contributed by atoms with Crippen molar-refractivity contribution in [3.05, 3.63) is 57.8 Å². The van der Waals surface area contributed by atoms with Crippen LogP contribution in [-0.2, 0) is 12.8 Å². The van der Waals surface area contributed by atoms with Crippen LogP contribution >= 0.6 is 11.3 Å². The van der Waals surface area contributed by atoms with Crippen LogP contribution in [0.25, 0.3) is 10.8 Å². The molecule has 1 heterocycles. The third-order valence-corrected chi connectivity index (χ3v) is 5.60. The number of carbonyl (C=O) groups excluding carboxylic acids is 1. The molecule has 4 rings (SSSR count). The molecule has 1 amide bonds. The highest BCUT2D eigenvalue weighted by atomic mass is 32.1. The molecule has 2 N–H and O–H groups in total. The minimum atomic E-state index is -0.143. The number of phenols is 1. The molecule has 0 saturated heterocycles. The Kier molecular flexibility index (Phi) is 3.54. The van der Waals surface area contributed by atoms with E-state index in [1.54, 1.807) is 17.4 Å². The van der Waals surface area contributed by atoms with E-state index in [-0.39, 0.29) is 11.7 Å². The molecule has 0 aliphatic heterocycles. The Bertz CT molecular complexity index is 874. The smallest absolute Gasteiger partial charge is 0.265 e. The largest absolute Gasteiger partial charge is 0.506 e. The van der Waals surface area contributed by atoms with E-state index in [1.807, 2.05) is 36.4 Å². The van der Waals surface area contributed by atoms with Gasteiger partial charge in [-0.3, -0.25) is 4.79 Å². The zero-order valence-corrected chi connectivity index (χ0v) is 13.5. The minimum absolute atomic E-state index is 0.0957. The molecular formula is C19H17NO2S. The highest BCUT2D eigenvalue weighted by Gasteiger charge is 2.18. The van der Waals surface area contributed by atoms with Crippen LogP contribution < -0.4 is 5.32 Å². The lowest BCUT2D eigenvalue weighted by molar-refractivity contribution is 0.103.